The molecule has 1 N–H and O–H groups in total. The van der Waals surface area contributed by atoms with Crippen LogP contribution in [0, 0.1) is 0 Å². The second-order valence-corrected chi connectivity index (χ2v) is 8.13. The number of nitrogens with one attached hydrogen (secondary N) is 1. The average molecular weight is 414 g/mol. The molecule has 0 aliphatic heterocycles. The molecular formula is C14H16BrN5O3S. The molecule has 0 unspecified atom stereocenters. The van der Waals surface area contributed by atoms with Gasteiger partial charge in [-0.3, -0.25) is 5.32 Å². The molecule has 0 aliphatic carbocycles. The van der Waals surface area contributed by atoms with Crippen LogP contribution in [0.5, 0.6) is 0 Å². The quantitative estimate of drug-likeness (QED) is 0.592. The van der Waals surface area contributed by atoms with Gasteiger partial charge in [-0.2, -0.15) is 9.78 Å². The molecule has 2 amide bonds. The standard InChI is InChI=1S/C14H16BrN5O3S/c1-14(2,3)24-20(23-13(22)19-9-5-8-17-19)12(21)18-11-10(15)6-4-7-16-11/h4-9H,1-3H3,(H,16,18,21). The number of hydrogen-bond acceptors (Lipinski definition) is 6. The van der Waals surface area contributed by atoms with Gasteiger partial charge in [0, 0.05) is 35.3 Å². The number of hydrogen-bond donors (Lipinski definition) is 1. The maximum absolute atomic E-state index is 12.5. The molecule has 2 rings (SSSR count). The fraction of sp³-hybridized carbons (Fsp3) is 0.286. The number of carbonyl (C=O) groups is 2. The summed E-state index contributed by atoms with van der Waals surface area (Å²) < 4.78 is 2.10. The van der Waals surface area contributed by atoms with E-state index in [-0.39, 0.29) is 4.75 Å². The number of aromatic nitrogens is 3. The van der Waals surface area contributed by atoms with E-state index in [0.29, 0.717) is 10.3 Å². The van der Waals surface area contributed by atoms with Crippen molar-refractivity contribution in [3.8, 4) is 0 Å². The number of amides is 2. The van der Waals surface area contributed by atoms with Crippen molar-refractivity contribution in [1.29, 1.82) is 0 Å². The first-order valence-electron chi connectivity index (χ1n) is 6.89. The Morgan fingerprint density at radius 1 is 1.33 bits per heavy atom. The summed E-state index contributed by atoms with van der Waals surface area (Å²) in [4.78, 5) is 33.7. The molecule has 0 aromatic carbocycles. The van der Waals surface area contributed by atoms with Gasteiger partial charge in [-0.05, 0) is 54.9 Å². The molecular weight excluding hydrogens is 398 g/mol. The number of carbonyl (C=O) groups excluding carboxylic acids is 2. The maximum atomic E-state index is 12.5. The lowest BCUT2D eigenvalue weighted by atomic mass is 10.3. The Bertz CT molecular complexity index is 717. The highest BCUT2D eigenvalue weighted by molar-refractivity contribution is 9.10. The van der Waals surface area contributed by atoms with E-state index in [2.05, 4.69) is 31.3 Å². The average Bonchev–Trinajstić information content (AvgIpc) is 3.02. The summed E-state index contributed by atoms with van der Waals surface area (Å²) in [7, 11) is 0. The minimum absolute atomic E-state index is 0.317. The van der Waals surface area contributed by atoms with Gasteiger partial charge in [-0.25, -0.2) is 14.6 Å². The Hall–Kier alpha value is -2.07. The lowest BCUT2D eigenvalue weighted by molar-refractivity contribution is 0.0218. The summed E-state index contributed by atoms with van der Waals surface area (Å²) in [6.07, 6.45) is 3.60. The molecule has 0 saturated heterocycles. The van der Waals surface area contributed by atoms with E-state index in [1.165, 1.54) is 18.6 Å². The van der Waals surface area contributed by atoms with Gasteiger partial charge in [-0.15, -0.1) is 0 Å². The molecule has 0 saturated carbocycles. The first-order valence-corrected chi connectivity index (χ1v) is 8.45. The van der Waals surface area contributed by atoms with E-state index >= 15 is 0 Å². The molecule has 0 aliphatic rings. The summed E-state index contributed by atoms with van der Waals surface area (Å²) in [6.45, 7) is 5.66. The number of pyridine rings is 1. The summed E-state index contributed by atoms with van der Waals surface area (Å²) >= 11 is 4.35. The van der Waals surface area contributed by atoms with Gasteiger partial charge in [0.15, 0.2) is 0 Å². The van der Waals surface area contributed by atoms with Crippen LogP contribution in [0.4, 0.5) is 15.4 Å². The first-order chi connectivity index (χ1) is 11.3. The molecule has 128 valence electrons. The van der Waals surface area contributed by atoms with Crippen molar-refractivity contribution < 1.29 is 14.4 Å². The summed E-state index contributed by atoms with van der Waals surface area (Å²) in [5.41, 5.74) is 0. The van der Waals surface area contributed by atoms with Gasteiger partial charge < -0.3 is 4.84 Å². The predicted molar refractivity (Wildman–Crippen MR) is 94.2 cm³/mol. The Kier molecular flexibility index (Phi) is 5.84. The zero-order chi connectivity index (χ0) is 17.7. The predicted octanol–water partition coefficient (Wildman–Crippen LogP) is 3.92. The van der Waals surface area contributed by atoms with Crippen molar-refractivity contribution in [2.45, 2.75) is 25.5 Å². The Balaban J connectivity index is 2.14. The summed E-state index contributed by atoms with van der Waals surface area (Å²) in [6, 6.07) is 4.39. The minimum atomic E-state index is -0.799. The van der Waals surface area contributed by atoms with Crippen LogP contribution in [0.2, 0.25) is 0 Å². The van der Waals surface area contributed by atoms with Crippen LogP contribution < -0.4 is 5.32 Å². The normalized spacial score (nSPS) is 11.0. The third-order valence-electron chi connectivity index (χ3n) is 2.36. The van der Waals surface area contributed by atoms with E-state index in [4.69, 9.17) is 4.84 Å². The highest BCUT2D eigenvalue weighted by Crippen LogP contribution is 2.29. The van der Waals surface area contributed by atoms with Crippen LogP contribution in [0.25, 0.3) is 0 Å². The molecule has 0 fully saturated rings. The highest BCUT2D eigenvalue weighted by Gasteiger charge is 2.27. The van der Waals surface area contributed by atoms with Crippen molar-refractivity contribution in [3.05, 3.63) is 41.3 Å². The Morgan fingerprint density at radius 3 is 2.67 bits per heavy atom. The number of hydroxylamine groups is 1. The van der Waals surface area contributed by atoms with Crippen molar-refractivity contribution in [1.82, 2.24) is 19.2 Å². The number of anilines is 1. The van der Waals surface area contributed by atoms with E-state index in [0.717, 1.165) is 21.1 Å². The minimum Gasteiger partial charge on any atom is -0.304 e. The van der Waals surface area contributed by atoms with Gasteiger partial charge in [0.05, 0.1) is 4.47 Å². The largest absolute Gasteiger partial charge is 0.460 e. The molecule has 2 heterocycles. The Morgan fingerprint density at radius 2 is 2.08 bits per heavy atom. The lowest BCUT2D eigenvalue weighted by Crippen LogP contribution is -2.36. The monoisotopic (exact) mass is 413 g/mol. The highest BCUT2D eigenvalue weighted by atomic mass is 79.9. The van der Waals surface area contributed by atoms with E-state index in [1.807, 2.05) is 20.8 Å². The molecule has 0 bridgehead atoms. The summed E-state index contributed by atoms with van der Waals surface area (Å²) in [5, 5.41) is 6.36. The topological polar surface area (TPSA) is 89.4 Å². The molecule has 24 heavy (non-hydrogen) atoms. The molecule has 0 spiro atoms. The van der Waals surface area contributed by atoms with Gasteiger partial charge in [-0.1, -0.05) is 4.47 Å². The Labute approximate surface area is 151 Å². The van der Waals surface area contributed by atoms with Crippen molar-refractivity contribution in [3.63, 3.8) is 0 Å². The van der Waals surface area contributed by atoms with Crippen molar-refractivity contribution in [2.24, 2.45) is 0 Å². The molecule has 0 atom stereocenters. The lowest BCUT2D eigenvalue weighted by Gasteiger charge is -2.26. The first kappa shape index (κ1) is 18.3. The van der Waals surface area contributed by atoms with Gasteiger partial charge in [0.25, 0.3) is 0 Å². The number of halogens is 1. The molecule has 10 heteroatoms. The molecule has 8 nitrogen and oxygen atoms in total. The van der Waals surface area contributed by atoms with Crippen LogP contribution in [0.3, 0.4) is 0 Å². The number of rotatable bonds is 2. The van der Waals surface area contributed by atoms with Gasteiger partial charge >= 0.3 is 12.1 Å². The fourth-order valence-corrected chi connectivity index (χ4v) is 2.55. The van der Waals surface area contributed by atoms with Crippen LogP contribution in [-0.2, 0) is 4.84 Å². The molecule has 2 aromatic rings. The van der Waals surface area contributed by atoms with E-state index in [9.17, 15) is 9.59 Å². The second-order valence-electron chi connectivity index (χ2n) is 5.53. The second kappa shape index (κ2) is 7.67. The number of urea groups is 1. The smallest absolute Gasteiger partial charge is 0.304 e. The fourth-order valence-electron chi connectivity index (χ4n) is 1.46. The van der Waals surface area contributed by atoms with E-state index < -0.39 is 12.1 Å². The number of nitrogens with zero attached hydrogens (tertiary/aromatic N) is 4. The zero-order valence-corrected chi connectivity index (χ0v) is 15.7. The van der Waals surface area contributed by atoms with Crippen LogP contribution in [0.15, 0.2) is 41.3 Å². The van der Waals surface area contributed by atoms with E-state index in [1.54, 1.807) is 18.2 Å². The van der Waals surface area contributed by atoms with Crippen LogP contribution >= 0.6 is 27.9 Å². The van der Waals surface area contributed by atoms with Gasteiger partial charge in [0.2, 0.25) is 0 Å². The van der Waals surface area contributed by atoms with Gasteiger partial charge in [0.1, 0.15) is 5.82 Å². The zero-order valence-electron chi connectivity index (χ0n) is 13.3. The van der Waals surface area contributed by atoms with Crippen molar-refractivity contribution in [2.75, 3.05) is 5.32 Å². The third kappa shape index (κ3) is 5.24. The van der Waals surface area contributed by atoms with Crippen molar-refractivity contribution >= 4 is 45.8 Å². The summed E-state index contributed by atoms with van der Waals surface area (Å²) in [5.74, 6) is 0.317. The third-order valence-corrected chi connectivity index (χ3v) is 3.95. The maximum Gasteiger partial charge on any atom is 0.460 e. The van der Waals surface area contributed by atoms with Crippen LogP contribution in [-0.4, -0.2) is 36.1 Å². The molecule has 0 radical (unpaired) electrons. The molecule has 2 aromatic heterocycles. The SMILES string of the molecule is CC(C)(C)SN(OC(=O)n1cccn1)C(=O)Nc1ncccc1Br. The van der Waals surface area contributed by atoms with Crippen LogP contribution in [0.1, 0.15) is 20.8 Å².